The van der Waals surface area contributed by atoms with Crippen molar-refractivity contribution in [2.75, 3.05) is 38.8 Å². The Hall–Kier alpha value is -3.13. The minimum atomic E-state index is -2.26. The number of fused-ring (bicyclic) bond motifs is 1. The average Bonchev–Trinajstić information content (AvgIpc) is 3.57. The molecule has 3 heterocycles. The summed E-state index contributed by atoms with van der Waals surface area (Å²) in [6.45, 7) is 13.7. The lowest BCUT2D eigenvalue weighted by Crippen LogP contribution is -2.47. The van der Waals surface area contributed by atoms with Gasteiger partial charge in [-0.05, 0) is 34.6 Å². The quantitative estimate of drug-likeness (QED) is 0.0619. The first-order chi connectivity index (χ1) is 23.5. The molecule has 1 unspecified atom stereocenters. The Balaban J connectivity index is 2.03. The maximum absolute atomic E-state index is 13.0. The molecular formula is C30H50N7O12P. The molecule has 0 aliphatic carbocycles. The molecule has 0 radical (unpaired) electrons. The van der Waals surface area contributed by atoms with Crippen LogP contribution in [0.25, 0.3) is 11.2 Å². The number of imidazole rings is 1. The highest BCUT2D eigenvalue weighted by Crippen LogP contribution is 2.45. The van der Waals surface area contributed by atoms with E-state index in [2.05, 4.69) is 20.3 Å². The molecule has 1 fully saturated rings. The number of esters is 2. The van der Waals surface area contributed by atoms with Crippen LogP contribution in [0.15, 0.2) is 11.1 Å². The van der Waals surface area contributed by atoms with Crippen molar-refractivity contribution >= 4 is 43.5 Å². The molecule has 2 aromatic heterocycles. The van der Waals surface area contributed by atoms with E-state index in [0.29, 0.717) is 0 Å². The average molecular weight is 732 g/mol. The molecule has 1 aliphatic rings. The van der Waals surface area contributed by atoms with E-state index in [-0.39, 0.29) is 67.4 Å². The summed E-state index contributed by atoms with van der Waals surface area (Å²) in [5.41, 5.74) is -0.573. The maximum Gasteiger partial charge on any atom is 0.302 e. The Bertz CT molecular complexity index is 1460. The van der Waals surface area contributed by atoms with Crippen molar-refractivity contribution in [3.63, 3.8) is 0 Å². The number of nitrogens with one attached hydrogen (secondary N) is 2. The molecule has 3 N–H and O–H groups in total. The number of rotatable bonds is 19. The first kappa shape index (κ1) is 41.3. The van der Waals surface area contributed by atoms with Crippen LogP contribution < -0.4 is 10.9 Å². The molecule has 1 aliphatic heterocycles. The van der Waals surface area contributed by atoms with E-state index < -0.39 is 57.0 Å². The van der Waals surface area contributed by atoms with Crippen LogP contribution >= 0.6 is 8.53 Å². The van der Waals surface area contributed by atoms with E-state index >= 15 is 0 Å². The Kier molecular flexibility index (Phi) is 15.6. The van der Waals surface area contributed by atoms with Gasteiger partial charge in [-0.1, -0.05) is 13.8 Å². The van der Waals surface area contributed by atoms with Gasteiger partial charge in [0, 0.05) is 38.9 Å². The van der Waals surface area contributed by atoms with Gasteiger partial charge in [-0.15, -0.1) is 0 Å². The zero-order valence-corrected chi connectivity index (χ0v) is 31.0. The molecule has 0 saturated carbocycles. The fourth-order valence-corrected chi connectivity index (χ4v) is 6.43. The Morgan fingerprint density at radius 1 is 1.02 bits per heavy atom. The summed E-state index contributed by atoms with van der Waals surface area (Å²) in [5.74, 6) is -1.87. The van der Waals surface area contributed by atoms with Crippen molar-refractivity contribution in [2.24, 2.45) is 5.92 Å². The van der Waals surface area contributed by atoms with Gasteiger partial charge in [-0.3, -0.25) is 34.0 Å². The van der Waals surface area contributed by atoms with Crippen LogP contribution in [0, 0.1) is 5.92 Å². The first-order valence-electron chi connectivity index (χ1n) is 16.3. The van der Waals surface area contributed by atoms with Gasteiger partial charge in [0.05, 0.1) is 25.6 Å². The molecule has 282 valence electrons. The number of aromatic amines is 1. The van der Waals surface area contributed by atoms with E-state index in [1.54, 1.807) is 32.6 Å². The predicted molar refractivity (Wildman–Crippen MR) is 179 cm³/mol. The topological polar surface area (TPSA) is 218 Å². The Labute approximate surface area is 291 Å². The highest BCUT2D eigenvalue weighted by Gasteiger charge is 2.49. The molecular weight excluding hydrogens is 681 g/mol. The minimum Gasteiger partial charge on any atom is -0.463 e. The molecule has 0 spiro atoms. The molecule has 5 atom stereocenters. The summed E-state index contributed by atoms with van der Waals surface area (Å²) in [7, 11) is -0.542. The number of carbonyl (C=O) groups is 3. The van der Waals surface area contributed by atoms with Crippen molar-refractivity contribution in [3.05, 3.63) is 16.7 Å². The molecule has 19 nitrogen and oxygen atoms in total. The van der Waals surface area contributed by atoms with Gasteiger partial charge < -0.3 is 37.8 Å². The summed E-state index contributed by atoms with van der Waals surface area (Å²) in [6, 6.07) is 0.0653. The van der Waals surface area contributed by atoms with Crippen molar-refractivity contribution in [3.8, 4) is 0 Å². The molecule has 0 aromatic carbocycles. The van der Waals surface area contributed by atoms with Crippen LogP contribution in [0.4, 0.5) is 5.95 Å². The fraction of sp³-hybridized carbons (Fsp3) is 0.733. The number of ether oxygens (including phenoxy) is 6. The Morgan fingerprint density at radius 3 is 2.12 bits per heavy atom. The van der Waals surface area contributed by atoms with E-state index in [1.165, 1.54) is 24.7 Å². The maximum atomic E-state index is 13.0. The highest BCUT2D eigenvalue weighted by molar-refractivity contribution is 7.43. The standard InChI is InChI=1S/C30H50N7O12P/c1-16(2)26(40)33-29-32-25-22(27(41)34-29)31-15-36(25)28-24(48-30(45-13-11-43-20(8)38)46-14-12-44-21(9)39)23(19(7)47-28)49-50(42)35(10)37(17(3)4)18(5)6/h15-19,23-24,28,30,42H,11-14H2,1-10H3,(H2,32,33,34,40,41)/t19-,23-,24-,28-,50?/m1/s1. The number of hydrazine groups is 1. The number of anilines is 1. The van der Waals surface area contributed by atoms with Gasteiger partial charge in [0.1, 0.15) is 25.4 Å². The zero-order chi connectivity index (χ0) is 37.3. The van der Waals surface area contributed by atoms with Crippen molar-refractivity contribution in [1.29, 1.82) is 0 Å². The van der Waals surface area contributed by atoms with E-state index in [4.69, 9.17) is 32.9 Å². The van der Waals surface area contributed by atoms with Crippen LogP contribution in [-0.4, -0.2) is 122 Å². The van der Waals surface area contributed by atoms with Crippen LogP contribution in [0.3, 0.4) is 0 Å². The summed E-state index contributed by atoms with van der Waals surface area (Å²) < 4.78 is 43.5. The number of nitrogens with zero attached hydrogens (tertiary/aromatic N) is 5. The van der Waals surface area contributed by atoms with Gasteiger partial charge in [-0.25, -0.2) is 9.99 Å². The summed E-state index contributed by atoms with van der Waals surface area (Å²) >= 11 is 0. The predicted octanol–water partition coefficient (Wildman–Crippen LogP) is 2.03. The van der Waals surface area contributed by atoms with E-state index in [0.717, 1.165) is 0 Å². The van der Waals surface area contributed by atoms with Gasteiger partial charge in [0.2, 0.25) is 11.9 Å². The fourth-order valence-electron chi connectivity index (χ4n) is 5.20. The molecule has 20 heteroatoms. The number of hydrogen-bond donors (Lipinski definition) is 3. The van der Waals surface area contributed by atoms with Gasteiger partial charge in [0.25, 0.3) is 20.6 Å². The summed E-state index contributed by atoms with van der Waals surface area (Å²) in [5, 5.41) is 4.55. The first-order valence-corrected chi connectivity index (χ1v) is 17.4. The SMILES string of the molecule is CC(=O)OCCOC(OCCOC(C)=O)O[C@@H]1[C@H](OP(O)N(C)N(C(C)C)C(C)C)[C@@H](C)O[C@H]1n1cnc2c(=O)[nH]c(NC(=O)C(C)C)nc21. The van der Waals surface area contributed by atoms with Crippen LogP contribution in [0.1, 0.15) is 68.5 Å². The smallest absolute Gasteiger partial charge is 0.302 e. The monoisotopic (exact) mass is 731 g/mol. The minimum absolute atomic E-state index is 0.0327. The third kappa shape index (κ3) is 11.2. The lowest BCUT2D eigenvalue weighted by atomic mass is 10.1. The normalized spacial score (nSPS) is 20.2. The van der Waals surface area contributed by atoms with Crippen molar-refractivity contribution in [1.82, 2.24) is 29.3 Å². The third-order valence-electron chi connectivity index (χ3n) is 7.30. The second kappa shape index (κ2) is 18.9. The number of H-pyrrole nitrogens is 1. The lowest BCUT2D eigenvalue weighted by Gasteiger charge is -2.40. The molecule has 1 amide bonds. The second-order valence-electron chi connectivity index (χ2n) is 12.3. The van der Waals surface area contributed by atoms with E-state index in [9.17, 15) is 24.1 Å². The number of carbonyl (C=O) groups excluding carboxylic acids is 3. The number of hydrogen-bond acceptors (Lipinski definition) is 16. The summed E-state index contributed by atoms with van der Waals surface area (Å²) in [4.78, 5) is 70.6. The second-order valence-corrected chi connectivity index (χ2v) is 13.6. The van der Waals surface area contributed by atoms with Crippen molar-refractivity contribution < 1.29 is 52.2 Å². The molecule has 2 aromatic rings. The highest BCUT2D eigenvalue weighted by atomic mass is 31.2. The zero-order valence-electron chi connectivity index (χ0n) is 30.1. The number of aromatic nitrogens is 4. The van der Waals surface area contributed by atoms with Gasteiger partial charge in [0.15, 0.2) is 17.4 Å². The van der Waals surface area contributed by atoms with Crippen molar-refractivity contribution in [2.45, 2.75) is 105 Å². The van der Waals surface area contributed by atoms with Crippen LogP contribution in [0.2, 0.25) is 0 Å². The molecule has 1 saturated heterocycles. The van der Waals surface area contributed by atoms with Gasteiger partial charge in [-0.2, -0.15) is 9.76 Å². The largest absolute Gasteiger partial charge is 0.463 e. The van der Waals surface area contributed by atoms with Crippen LogP contribution in [0.5, 0.6) is 0 Å². The molecule has 50 heavy (non-hydrogen) atoms. The summed E-state index contributed by atoms with van der Waals surface area (Å²) in [6.07, 6.45) is -2.54. The van der Waals surface area contributed by atoms with Crippen LogP contribution in [-0.2, 0) is 47.3 Å². The third-order valence-corrected chi connectivity index (χ3v) is 8.44. The molecule has 3 rings (SSSR count). The Morgan fingerprint density at radius 2 is 1.60 bits per heavy atom. The molecule has 0 bridgehead atoms. The number of amides is 1. The lowest BCUT2D eigenvalue weighted by molar-refractivity contribution is -0.320. The van der Waals surface area contributed by atoms with E-state index in [1.807, 2.05) is 32.7 Å². The van der Waals surface area contributed by atoms with Gasteiger partial charge >= 0.3 is 11.9 Å².